The summed E-state index contributed by atoms with van der Waals surface area (Å²) in [5, 5.41) is 1.92. The van der Waals surface area contributed by atoms with Gasteiger partial charge in [0.1, 0.15) is 13.2 Å². The van der Waals surface area contributed by atoms with Crippen LogP contribution in [-0.4, -0.2) is 49.5 Å². The van der Waals surface area contributed by atoms with Crippen LogP contribution in [0.1, 0.15) is 24.0 Å². The SMILES string of the molecule is Cc1ccc(Cn2ccsc2=NC(=O)C2CCN(S(=O)(=O)c3ccc4c(c3)OCCO4)CC2)cc1. The number of hydrogen-bond acceptors (Lipinski definition) is 6. The first-order valence-electron chi connectivity index (χ1n) is 11.6. The topological polar surface area (TPSA) is 90.2 Å². The predicted molar refractivity (Wildman–Crippen MR) is 132 cm³/mol. The number of piperidine rings is 1. The molecule has 0 saturated carbocycles. The number of carbonyl (C=O) groups excluding carboxylic acids is 1. The Balaban J connectivity index is 1.24. The molecule has 10 heteroatoms. The molecule has 0 N–H and O–H groups in total. The maximum atomic E-state index is 13.2. The first-order chi connectivity index (χ1) is 16.9. The monoisotopic (exact) mass is 513 g/mol. The van der Waals surface area contributed by atoms with E-state index in [2.05, 4.69) is 29.3 Å². The van der Waals surface area contributed by atoms with E-state index in [4.69, 9.17) is 9.47 Å². The molecule has 2 aliphatic rings. The van der Waals surface area contributed by atoms with Crippen LogP contribution in [0.5, 0.6) is 11.5 Å². The second-order valence-electron chi connectivity index (χ2n) is 8.73. The molecule has 0 bridgehead atoms. The standard InChI is InChI=1S/C25H27N3O5S2/c1-18-2-4-19(5-3-18)17-27-12-15-34-25(27)26-24(29)20-8-10-28(11-9-20)35(30,31)21-6-7-22-23(16-21)33-14-13-32-22/h2-7,12,15-16,20H,8-11,13-14,17H2,1H3. The van der Waals surface area contributed by atoms with Crippen molar-refractivity contribution in [2.24, 2.45) is 10.9 Å². The van der Waals surface area contributed by atoms with Gasteiger partial charge >= 0.3 is 0 Å². The molecule has 184 valence electrons. The Kier molecular flexibility index (Phi) is 6.77. The summed E-state index contributed by atoms with van der Waals surface area (Å²) in [5.74, 6) is 0.503. The molecule has 3 aromatic rings. The molecule has 1 saturated heterocycles. The average Bonchev–Trinajstić information content (AvgIpc) is 3.31. The third-order valence-electron chi connectivity index (χ3n) is 6.29. The van der Waals surface area contributed by atoms with Crippen LogP contribution >= 0.6 is 11.3 Å². The van der Waals surface area contributed by atoms with E-state index >= 15 is 0 Å². The van der Waals surface area contributed by atoms with Gasteiger partial charge in [0.15, 0.2) is 16.3 Å². The van der Waals surface area contributed by atoms with Gasteiger partial charge in [0.05, 0.1) is 4.90 Å². The highest BCUT2D eigenvalue weighted by Crippen LogP contribution is 2.34. The molecule has 0 unspecified atom stereocenters. The average molecular weight is 514 g/mol. The summed E-state index contributed by atoms with van der Waals surface area (Å²) in [6.07, 6.45) is 2.81. The van der Waals surface area contributed by atoms with Crippen molar-refractivity contribution in [3.05, 3.63) is 70.0 Å². The lowest BCUT2D eigenvalue weighted by atomic mass is 9.98. The zero-order valence-corrected chi connectivity index (χ0v) is 21.1. The molecule has 0 atom stereocenters. The molecule has 2 aromatic carbocycles. The van der Waals surface area contributed by atoms with Gasteiger partial charge in [-0.25, -0.2) is 8.42 Å². The molecule has 35 heavy (non-hydrogen) atoms. The Bertz CT molecular complexity index is 1380. The van der Waals surface area contributed by atoms with Crippen LogP contribution < -0.4 is 14.3 Å². The van der Waals surface area contributed by atoms with Crippen LogP contribution in [-0.2, 0) is 21.4 Å². The molecule has 1 amide bonds. The molecule has 2 aliphatic heterocycles. The summed E-state index contributed by atoms with van der Waals surface area (Å²) < 4.78 is 40.7. The van der Waals surface area contributed by atoms with Gasteiger partial charge in [-0.1, -0.05) is 29.8 Å². The van der Waals surface area contributed by atoms with E-state index in [1.807, 2.05) is 23.1 Å². The number of benzene rings is 2. The molecule has 0 radical (unpaired) electrons. The van der Waals surface area contributed by atoms with Crippen molar-refractivity contribution in [2.75, 3.05) is 26.3 Å². The maximum Gasteiger partial charge on any atom is 0.251 e. The Morgan fingerprint density at radius 1 is 1.06 bits per heavy atom. The number of sulfonamides is 1. The minimum Gasteiger partial charge on any atom is -0.486 e. The molecule has 3 heterocycles. The fourth-order valence-corrected chi connectivity index (χ4v) is 6.48. The van der Waals surface area contributed by atoms with Crippen molar-refractivity contribution in [1.29, 1.82) is 0 Å². The highest BCUT2D eigenvalue weighted by molar-refractivity contribution is 7.89. The molecule has 0 aliphatic carbocycles. The smallest absolute Gasteiger partial charge is 0.251 e. The predicted octanol–water partition coefficient (Wildman–Crippen LogP) is 3.21. The van der Waals surface area contributed by atoms with Crippen LogP contribution in [0.3, 0.4) is 0 Å². The Morgan fingerprint density at radius 3 is 2.51 bits per heavy atom. The summed E-state index contributed by atoms with van der Waals surface area (Å²) in [6, 6.07) is 13.0. The van der Waals surface area contributed by atoms with E-state index in [1.54, 1.807) is 12.1 Å². The summed E-state index contributed by atoms with van der Waals surface area (Å²) in [6.45, 7) is 4.08. The third-order valence-corrected chi connectivity index (χ3v) is 8.98. The van der Waals surface area contributed by atoms with E-state index in [1.165, 1.54) is 27.3 Å². The number of ether oxygens (including phenoxy) is 2. The molecule has 1 fully saturated rings. The lowest BCUT2D eigenvalue weighted by Gasteiger charge is -2.30. The quantitative estimate of drug-likeness (QED) is 0.523. The van der Waals surface area contributed by atoms with Gasteiger partial charge in [-0.2, -0.15) is 9.30 Å². The zero-order chi connectivity index (χ0) is 24.4. The van der Waals surface area contributed by atoms with Crippen molar-refractivity contribution >= 4 is 27.3 Å². The number of nitrogens with zero attached hydrogens (tertiary/aromatic N) is 3. The van der Waals surface area contributed by atoms with E-state index in [0.717, 1.165) is 5.56 Å². The highest BCUT2D eigenvalue weighted by atomic mass is 32.2. The lowest BCUT2D eigenvalue weighted by molar-refractivity contribution is -0.122. The van der Waals surface area contributed by atoms with Crippen molar-refractivity contribution in [1.82, 2.24) is 8.87 Å². The molecular formula is C25H27N3O5S2. The van der Waals surface area contributed by atoms with Crippen LogP contribution in [0, 0.1) is 12.8 Å². The molecule has 5 rings (SSSR count). The second-order valence-corrected chi connectivity index (χ2v) is 11.5. The van der Waals surface area contributed by atoms with E-state index in [-0.39, 0.29) is 29.8 Å². The molecular weight excluding hydrogens is 486 g/mol. The fourth-order valence-electron chi connectivity index (χ4n) is 4.26. The molecule has 1 aromatic heterocycles. The van der Waals surface area contributed by atoms with Crippen molar-refractivity contribution in [3.63, 3.8) is 0 Å². The summed E-state index contributed by atoms with van der Waals surface area (Å²) in [5.41, 5.74) is 2.34. The van der Waals surface area contributed by atoms with Gasteiger partial charge in [-0.05, 0) is 37.5 Å². The normalized spacial score (nSPS) is 17.5. The maximum absolute atomic E-state index is 13.2. The minimum absolute atomic E-state index is 0.173. The third kappa shape index (κ3) is 5.19. The van der Waals surface area contributed by atoms with Crippen molar-refractivity contribution in [3.8, 4) is 11.5 Å². The number of hydrogen-bond donors (Lipinski definition) is 0. The van der Waals surface area contributed by atoms with Gasteiger partial charge in [0.2, 0.25) is 10.0 Å². The van der Waals surface area contributed by atoms with Gasteiger partial charge in [0, 0.05) is 43.2 Å². The Labute approximate surface area is 208 Å². The number of aromatic nitrogens is 1. The van der Waals surface area contributed by atoms with Crippen LogP contribution in [0.15, 0.2) is 63.9 Å². The minimum atomic E-state index is -3.69. The van der Waals surface area contributed by atoms with Gasteiger partial charge in [0.25, 0.3) is 5.91 Å². The zero-order valence-electron chi connectivity index (χ0n) is 19.4. The lowest BCUT2D eigenvalue weighted by Crippen LogP contribution is -2.40. The van der Waals surface area contributed by atoms with Gasteiger partial charge in [-0.15, -0.1) is 11.3 Å². The van der Waals surface area contributed by atoms with Crippen LogP contribution in [0.25, 0.3) is 0 Å². The summed E-state index contributed by atoms with van der Waals surface area (Å²) in [4.78, 5) is 18.2. The van der Waals surface area contributed by atoms with Crippen LogP contribution in [0.4, 0.5) is 0 Å². The first-order valence-corrected chi connectivity index (χ1v) is 13.9. The number of fused-ring (bicyclic) bond motifs is 1. The number of thiazole rings is 1. The summed E-state index contributed by atoms with van der Waals surface area (Å²) >= 11 is 1.42. The van der Waals surface area contributed by atoms with Gasteiger partial charge < -0.3 is 14.0 Å². The highest BCUT2D eigenvalue weighted by Gasteiger charge is 2.33. The number of carbonyl (C=O) groups is 1. The Hall–Kier alpha value is -2.95. The van der Waals surface area contributed by atoms with Gasteiger partial charge in [-0.3, -0.25) is 4.79 Å². The largest absolute Gasteiger partial charge is 0.486 e. The fraction of sp³-hybridized carbons (Fsp3) is 0.360. The Morgan fingerprint density at radius 2 is 1.77 bits per heavy atom. The first kappa shape index (κ1) is 23.8. The number of rotatable bonds is 5. The number of amides is 1. The van der Waals surface area contributed by atoms with E-state index in [9.17, 15) is 13.2 Å². The number of aryl methyl sites for hydroxylation is 1. The second kappa shape index (κ2) is 9.96. The van der Waals surface area contributed by atoms with Crippen molar-refractivity contribution in [2.45, 2.75) is 31.2 Å². The van der Waals surface area contributed by atoms with E-state index < -0.39 is 10.0 Å². The van der Waals surface area contributed by atoms with Crippen molar-refractivity contribution < 1.29 is 22.7 Å². The van der Waals surface area contributed by atoms with E-state index in [0.29, 0.717) is 48.9 Å². The molecule has 0 spiro atoms. The summed E-state index contributed by atoms with van der Waals surface area (Å²) in [7, 11) is -3.69. The molecule has 8 nitrogen and oxygen atoms in total. The van der Waals surface area contributed by atoms with Crippen LogP contribution in [0.2, 0.25) is 0 Å².